The third-order valence-electron chi connectivity index (χ3n) is 7.20. The largest absolute Gasteiger partial charge is 0.493 e. The Morgan fingerprint density at radius 3 is 2.63 bits per heavy atom. The molecular formula is C31H34N4O5S. The van der Waals surface area contributed by atoms with Crippen LogP contribution in [0.25, 0.3) is 22.2 Å². The van der Waals surface area contributed by atoms with Gasteiger partial charge in [-0.25, -0.2) is 9.78 Å². The molecule has 0 saturated carbocycles. The number of ether oxygens (including phenoxy) is 3. The van der Waals surface area contributed by atoms with E-state index in [9.17, 15) is 9.59 Å². The van der Waals surface area contributed by atoms with Crippen molar-refractivity contribution >= 4 is 39.2 Å². The molecule has 214 valence electrons. The minimum Gasteiger partial charge on any atom is -0.493 e. The van der Waals surface area contributed by atoms with E-state index in [1.54, 1.807) is 20.3 Å². The highest BCUT2D eigenvalue weighted by molar-refractivity contribution is 7.14. The van der Waals surface area contributed by atoms with Crippen LogP contribution < -0.4 is 14.8 Å². The molecule has 1 N–H and O–H groups in total. The molecule has 2 aromatic carbocycles. The van der Waals surface area contributed by atoms with E-state index in [0.29, 0.717) is 40.9 Å². The van der Waals surface area contributed by atoms with Crippen LogP contribution in [0, 0.1) is 0 Å². The predicted octanol–water partition coefficient (Wildman–Crippen LogP) is 5.72. The lowest BCUT2D eigenvalue weighted by atomic mass is 9.95. The van der Waals surface area contributed by atoms with E-state index < -0.39 is 18.0 Å². The summed E-state index contributed by atoms with van der Waals surface area (Å²) in [4.78, 5) is 38.7. The molecule has 1 unspecified atom stereocenters. The van der Waals surface area contributed by atoms with Gasteiger partial charge in [0.15, 0.2) is 22.7 Å². The van der Waals surface area contributed by atoms with Crippen molar-refractivity contribution in [3.05, 3.63) is 64.7 Å². The van der Waals surface area contributed by atoms with E-state index in [2.05, 4.69) is 22.1 Å². The Kier molecular flexibility index (Phi) is 8.80. The van der Waals surface area contributed by atoms with Gasteiger partial charge in [0, 0.05) is 47.1 Å². The van der Waals surface area contributed by atoms with Crippen LogP contribution in [0.15, 0.2) is 47.8 Å². The molecule has 5 rings (SSSR count). The van der Waals surface area contributed by atoms with Gasteiger partial charge in [-0.15, -0.1) is 11.3 Å². The van der Waals surface area contributed by atoms with Gasteiger partial charge in [-0.1, -0.05) is 32.0 Å². The maximum atomic E-state index is 13.7. The van der Waals surface area contributed by atoms with Crippen molar-refractivity contribution in [1.29, 1.82) is 0 Å². The SMILES string of the molecule is CCCN1CCc2nc3ccccc3c(C(=O)OC(CC)C(=O)Nc3nc(-c4ccc(OC)c(OC)c4)cs3)c2C1. The number of esters is 1. The normalized spacial score (nSPS) is 13.9. The molecule has 10 heteroatoms. The zero-order valence-electron chi connectivity index (χ0n) is 23.7. The number of methoxy groups -OCH3 is 2. The second kappa shape index (κ2) is 12.7. The zero-order valence-corrected chi connectivity index (χ0v) is 24.5. The molecule has 1 amide bonds. The summed E-state index contributed by atoms with van der Waals surface area (Å²) in [7, 11) is 3.16. The molecule has 4 aromatic rings. The maximum Gasteiger partial charge on any atom is 0.340 e. The van der Waals surface area contributed by atoms with Crippen LogP contribution in [0.3, 0.4) is 0 Å². The van der Waals surface area contributed by atoms with E-state index in [0.717, 1.165) is 53.7 Å². The summed E-state index contributed by atoms with van der Waals surface area (Å²) >= 11 is 1.30. The number of hydrogen-bond donors (Lipinski definition) is 1. The molecule has 0 saturated heterocycles. The number of anilines is 1. The number of nitrogens with one attached hydrogen (secondary N) is 1. The minimum absolute atomic E-state index is 0.318. The number of carbonyl (C=O) groups excluding carboxylic acids is 2. The fraction of sp³-hybridized carbons (Fsp3) is 0.355. The van der Waals surface area contributed by atoms with E-state index in [1.807, 2.05) is 48.7 Å². The highest BCUT2D eigenvalue weighted by Crippen LogP contribution is 2.34. The van der Waals surface area contributed by atoms with Crippen molar-refractivity contribution in [1.82, 2.24) is 14.9 Å². The summed E-state index contributed by atoms with van der Waals surface area (Å²) in [6.07, 6.45) is 1.14. The Bertz CT molecular complexity index is 1570. The quantitative estimate of drug-likeness (QED) is 0.240. The number of hydrogen-bond acceptors (Lipinski definition) is 9. The molecule has 0 aliphatic carbocycles. The Hall–Kier alpha value is -4.02. The standard InChI is InChI=1S/C31H34N4O5S/c1-5-14-35-15-13-23-21(17-35)28(20-9-7-8-10-22(20)32-23)30(37)40-25(6-2)29(36)34-31-33-24(18-41-31)19-11-12-26(38-3)27(16-19)39-4/h7-12,16,18,25H,5-6,13-15,17H2,1-4H3,(H,33,34,36). The lowest BCUT2D eigenvalue weighted by molar-refractivity contribution is -0.124. The molecule has 0 spiro atoms. The van der Waals surface area contributed by atoms with Gasteiger partial charge in [-0.2, -0.15) is 0 Å². The number of fused-ring (bicyclic) bond motifs is 2. The molecule has 0 radical (unpaired) electrons. The van der Waals surface area contributed by atoms with Crippen molar-refractivity contribution in [2.45, 2.75) is 45.8 Å². The van der Waals surface area contributed by atoms with Gasteiger partial charge < -0.3 is 14.2 Å². The number of benzene rings is 2. The monoisotopic (exact) mass is 574 g/mol. The molecule has 9 nitrogen and oxygen atoms in total. The summed E-state index contributed by atoms with van der Waals surface area (Å²) in [5, 5.41) is 5.83. The van der Waals surface area contributed by atoms with Gasteiger partial charge in [0.05, 0.1) is 31.0 Å². The first-order valence-corrected chi connectivity index (χ1v) is 14.7. The second-order valence-corrected chi connectivity index (χ2v) is 10.7. The number of thiazole rings is 1. The highest BCUT2D eigenvalue weighted by Gasteiger charge is 2.29. The number of aromatic nitrogens is 2. The van der Waals surface area contributed by atoms with Crippen LogP contribution >= 0.6 is 11.3 Å². The van der Waals surface area contributed by atoms with Crippen LogP contribution in [-0.4, -0.2) is 60.2 Å². The van der Waals surface area contributed by atoms with Crippen molar-refractivity contribution in [2.75, 3.05) is 32.6 Å². The summed E-state index contributed by atoms with van der Waals surface area (Å²) in [5.41, 5.74) is 4.58. The van der Waals surface area contributed by atoms with E-state index in [1.165, 1.54) is 11.3 Å². The molecule has 1 atom stereocenters. The van der Waals surface area contributed by atoms with Crippen molar-refractivity contribution < 1.29 is 23.8 Å². The number of carbonyl (C=O) groups is 2. The predicted molar refractivity (Wildman–Crippen MR) is 160 cm³/mol. The van der Waals surface area contributed by atoms with E-state index >= 15 is 0 Å². The molecule has 3 heterocycles. The summed E-state index contributed by atoms with van der Waals surface area (Å²) < 4.78 is 16.6. The zero-order chi connectivity index (χ0) is 28.9. The Morgan fingerprint density at radius 1 is 1.07 bits per heavy atom. The van der Waals surface area contributed by atoms with Crippen LogP contribution in [0.5, 0.6) is 11.5 Å². The van der Waals surface area contributed by atoms with Crippen LogP contribution in [-0.2, 0) is 22.5 Å². The van der Waals surface area contributed by atoms with Gasteiger partial charge in [0.1, 0.15) is 0 Å². The number of nitrogens with zero attached hydrogens (tertiary/aromatic N) is 3. The number of pyridine rings is 1. The first-order valence-electron chi connectivity index (χ1n) is 13.8. The van der Waals surface area contributed by atoms with Gasteiger partial charge in [-0.3, -0.25) is 20.0 Å². The van der Waals surface area contributed by atoms with Gasteiger partial charge in [0.25, 0.3) is 5.91 Å². The van der Waals surface area contributed by atoms with Gasteiger partial charge in [-0.05, 0) is 43.7 Å². The van der Waals surface area contributed by atoms with E-state index in [-0.39, 0.29) is 0 Å². The van der Waals surface area contributed by atoms with Crippen molar-refractivity contribution in [3.8, 4) is 22.8 Å². The molecule has 1 aliphatic rings. The maximum absolute atomic E-state index is 13.7. The topological polar surface area (TPSA) is 103 Å². The third kappa shape index (κ3) is 6.03. The summed E-state index contributed by atoms with van der Waals surface area (Å²) in [5.74, 6) is 0.276. The van der Waals surface area contributed by atoms with Gasteiger partial charge >= 0.3 is 5.97 Å². The molecule has 41 heavy (non-hydrogen) atoms. The first-order chi connectivity index (χ1) is 19.9. The highest BCUT2D eigenvalue weighted by atomic mass is 32.1. The Labute approximate surface area is 243 Å². The number of amides is 1. The van der Waals surface area contributed by atoms with Gasteiger partial charge in [0.2, 0.25) is 0 Å². The van der Waals surface area contributed by atoms with Crippen molar-refractivity contribution in [3.63, 3.8) is 0 Å². The first kappa shape index (κ1) is 28.5. The average Bonchev–Trinajstić information content (AvgIpc) is 3.46. The van der Waals surface area contributed by atoms with E-state index in [4.69, 9.17) is 19.2 Å². The molecule has 1 aliphatic heterocycles. The minimum atomic E-state index is -0.978. The third-order valence-corrected chi connectivity index (χ3v) is 7.95. The number of para-hydroxylation sites is 1. The molecular weight excluding hydrogens is 540 g/mol. The summed E-state index contributed by atoms with van der Waals surface area (Å²) in [6.45, 7) is 6.44. The molecule has 2 aromatic heterocycles. The summed E-state index contributed by atoms with van der Waals surface area (Å²) in [6, 6.07) is 13.1. The lowest BCUT2D eigenvalue weighted by Crippen LogP contribution is -2.35. The van der Waals surface area contributed by atoms with Crippen molar-refractivity contribution in [2.24, 2.45) is 0 Å². The van der Waals surface area contributed by atoms with Crippen LogP contribution in [0.1, 0.15) is 48.3 Å². The number of rotatable bonds is 10. The van der Waals surface area contributed by atoms with Crippen LogP contribution in [0.2, 0.25) is 0 Å². The smallest absolute Gasteiger partial charge is 0.340 e. The Morgan fingerprint density at radius 2 is 1.88 bits per heavy atom. The van der Waals surface area contributed by atoms with Crippen LogP contribution in [0.4, 0.5) is 5.13 Å². The average molecular weight is 575 g/mol. The lowest BCUT2D eigenvalue weighted by Gasteiger charge is -2.29. The second-order valence-electron chi connectivity index (χ2n) is 9.85. The fourth-order valence-corrected chi connectivity index (χ4v) is 5.86. The Balaban J connectivity index is 1.35. The fourth-order valence-electron chi connectivity index (χ4n) is 5.14. The molecule has 0 bridgehead atoms. The molecule has 0 fully saturated rings.